The molecule has 90 valence electrons. The Hall–Kier alpha value is -0.710. The second-order valence-corrected chi connectivity index (χ2v) is 5.09. The SMILES string of the molecule is Fc1cc(C(Cl)c2sccc2Cl)cc(F)c1F. The van der Waals surface area contributed by atoms with Gasteiger partial charge >= 0.3 is 0 Å². The minimum atomic E-state index is -1.50. The molecule has 0 aliphatic carbocycles. The molecule has 2 aromatic rings. The fourth-order valence-electron chi connectivity index (χ4n) is 1.36. The lowest BCUT2D eigenvalue weighted by Gasteiger charge is -2.09. The first-order valence-corrected chi connectivity index (χ1v) is 6.21. The summed E-state index contributed by atoms with van der Waals surface area (Å²) in [6.07, 6.45) is 0. The Morgan fingerprint density at radius 1 is 1.12 bits per heavy atom. The van der Waals surface area contributed by atoms with E-state index >= 15 is 0 Å². The second kappa shape index (κ2) is 4.88. The smallest absolute Gasteiger partial charge is 0.194 e. The Labute approximate surface area is 110 Å². The van der Waals surface area contributed by atoms with Crippen LogP contribution in [0, 0.1) is 17.5 Å². The van der Waals surface area contributed by atoms with Gasteiger partial charge in [0.15, 0.2) is 17.5 Å². The lowest BCUT2D eigenvalue weighted by molar-refractivity contribution is 0.445. The van der Waals surface area contributed by atoms with Gasteiger partial charge < -0.3 is 0 Å². The number of halogens is 5. The van der Waals surface area contributed by atoms with Gasteiger partial charge in [-0.2, -0.15) is 0 Å². The van der Waals surface area contributed by atoms with Crippen LogP contribution in [0.5, 0.6) is 0 Å². The molecule has 0 aliphatic heterocycles. The summed E-state index contributed by atoms with van der Waals surface area (Å²) in [4.78, 5) is 0.568. The summed E-state index contributed by atoms with van der Waals surface area (Å²) in [6, 6.07) is 3.37. The maximum Gasteiger partial charge on any atom is 0.194 e. The van der Waals surface area contributed by atoms with E-state index in [-0.39, 0.29) is 5.56 Å². The minimum absolute atomic E-state index is 0.132. The largest absolute Gasteiger partial charge is 0.204 e. The van der Waals surface area contributed by atoms with Crippen LogP contribution in [0.2, 0.25) is 5.02 Å². The van der Waals surface area contributed by atoms with Gasteiger partial charge in [0.25, 0.3) is 0 Å². The lowest BCUT2D eigenvalue weighted by atomic mass is 10.1. The Kier molecular flexibility index (Phi) is 3.66. The molecule has 17 heavy (non-hydrogen) atoms. The first-order chi connectivity index (χ1) is 8.00. The van der Waals surface area contributed by atoms with E-state index in [9.17, 15) is 13.2 Å². The Bertz CT molecular complexity index is 530. The summed E-state index contributed by atoms with van der Waals surface area (Å²) in [6.45, 7) is 0. The van der Waals surface area contributed by atoms with Gasteiger partial charge in [0, 0.05) is 4.88 Å². The van der Waals surface area contributed by atoms with E-state index in [0.717, 1.165) is 12.1 Å². The first kappa shape index (κ1) is 12.7. The third kappa shape index (κ3) is 2.44. The van der Waals surface area contributed by atoms with Crippen LogP contribution in [0.15, 0.2) is 23.6 Å². The van der Waals surface area contributed by atoms with Crippen LogP contribution in [0.25, 0.3) is 0 Å². The lowest BCUT2D eigenvalue weighted by Crippen LogP contribution is -1.97. The Morgan fingerprint density at radius 3 is 2.18 bits per heavy atom. The highest BCUT2D eigenvalue weighted by Crippen LogP contribution is 2.38. The van der Waals surface area contributed by atoms with Gasteiger partial charge in [-0.3, -0.25) is 0 Å². The van der Waals surface area contributed by atoms with Gasteiger partial charge in [0.05, 0.1) is 10.4 Å². The number of hydrogen-bond donors (Lipinski definition) is 0. The fraction of sp³-hybridized carbons (Fsp3) is 0.0909. The molecule has 6 heteroatoms. The van der Waals surface area contributed by atoms with Gasteiger partial charge in [-0.15, -0.1) is 22.9 Å². The van der Waals surface area contributed by atoms with Crippen LogP contribution in [0.1, 0.15) is 15.8 Å². The van der Waals surface area contributed by atoms with Crippen LogP contribution in [-0.4, -0.2) is 0 Å². The number of alkyl halides is 1. The predicted molar refractivity (Wildman–Crippen MR) is 63.3 cm³/mol. The quantitative estimate of drug-likeness (QED) is 0.531. The highest BCUT2D eigenvalue weighted by atomic mass is 35.5. The van der Waals surface area contributed by atoms with E-state index in [4.69, 9.17) is 23.2 Å². The molecule has 0 saturated heterocycles. The molecule has 0 aliphatic rings. The summed E-state index contributed by atoms with van der Waals surface area (Å²) >= 11 is 13.2. The average Bonchev–Trinajstić information content (AvgIpc) is 2.70. The van der Waals surface area contributed by atoms with E-state index in [1.165, 1.54) is 11.3 Å². The van der Waals surface area contributed by atoms with Crippen molar-refractivity contribution in [1.29, 1.82) is 0 Å². The molecule has 0 amide bonds. The third-order valence-electron chi connectivity index (χ3n) is 2.17. The molecular formula is C11H5Cl2F3S. The third-order valence-corrected chi connectivity index (χ3v) is 4.20. The maximum absolute atomic E-state index is 13.0. The second-order valence-electron chi connectivity index (χ2n) is 3.29. The topological polar surface area (TPSA) is 0 Å². The molecular weight excluding hydrogens is 292 g/mol. The van der Waals surface area contributed by atoms with Gasteiger partial charge in [-0.1, -0.05) is 11.6 Å². The predicted octanol–water partition coefficient (Wildman–Crippen LogP) is 5.15. The standard InChI is InChI=1S/C11H5Cl2F3S/c12-6-1-2-17-11(6)9(13)5-3-7(14)10(16)8(15)4-5/h1-4,9H. The van der Waals surface area contributed by atoms with Gasteiger partial charge in [0.1, 0.15) is 0 Å². The maximum atomic E-state index is 13.0. The molecule has 1 atom stereocenters. The highest BCUT2D eigenvalue weighted by Gasteiger charge is 2.19. The molecule has 1 heterocycles. The van der Waals surface area contributed by atoms with Gasteiger partial charge in [-0.25, -0.2) is 13.2 Å². The monoisotopic (exact) mass is 296 g/mol. The minimum Gasteiger partial charge on any atom is -0.204 e. The first-order valence-electron chi connectivity index (χ1n) is 4.52. The van der Waals surface area contributed by atoms with Gasteiger partial charge in [-0.05, 0) is 29.1 Å². The van der Waals surface area contributed by atoms with Crippen LogP contribution in [-0.2, 0) is 0 Å². The van der Waals surface area contributed by atoms with Crippen molar-refractivity contribution in [1.82, 2.24) is 0 Å². The number of rotatable bonds is 2. The van der Waals surface area contributed by atoms with Crippen molar-refractivity contribution in [3.63, 3.8) is 0 Å². The van der Waals surface area contributed by atoms with Crippen LogP contribution < -0.4 is 0 Å². The molecule has 0 bridgehead atoms. The van der Waals surface area contributed by atoms with Crippen molar-refractivity contribution in [3.05, 3.63) is 56.5 Å². The van der Waals surface area contributed by atoms with Crippen LogP contribution >= 0.6 is 34.5 Å². The summed E-state index contributed by atoms with van der Waals surface area (Å²) in [7, 11) is 0. The molecule has 1 aromatic heterocycles. The summed E-state index contributed by atoms with van der Waals surface area (Å²) in [5.74, 6) is -4.04. The van der Waals surface area contributed by atoms with Crippen molar-refractivity contribution >= 4 is 34.5 Å². The number of hydrogen-bond acceptors (Lipinski definition) is 1. The van der Waals surface area contributed by atoms with Crippen molar-refractivity contribution in [2.45, 2.75) is 5.38 Å². The summed E-state index contributed by atoms with van der Waals surface area (Å²) in [5.41, 5.74) is 0.132. The zero-order valence-corrected chi connectivity index (χ0v) is 10.5. The summed E-state index contributed by atoms with van der Waals surface area (Å²) in [5, 5.41) is 1.33. The molecule has 0 fully saturated rings. The van der Waals surface area contributed by atoms with Crippen molar-refractivity contribution in [3.8, 4) is 0 Å². The van der Waals surface area contributed by atoms with Crippen molar-refractivity contribution < 1.29 is 13.2 Å². The molecule has 1 aromatic carbocycles. The molecule has 0 nitrogen and oxygen atoms in total. The van der Waals surface area contributed by atoms with Crippen LogP contribution in [0.3, 0.4) is 0 Å². The fourth-order valence-corrected chi connectivity index (χ4v) is 2.98. The molecule has 0 radical (unpaired) electrons. The van der Waals surface area contributed by atoms with E-state index < -0.39 is 22.8 Å². The molecule has 0 N–H and O–H groups in total. The molecule has 2 rings (SSSR count). The van der Waals surface area contributed by atoms with E-state index in [1.54, 1.807) is 11.4 Å². The van der Waals surface area contributed by atoms with Crippen molar-refractivity contribution in [2.24, 2.45) is 0 Å². The molecule has 1 unspecified atom stereocenters. The average molecular weight is 297 g/mol. The normalized spacial score (nSPS) is 12.8. The summed E-state index contributed by atoms with van der Waals surface area (Å²) < 4.78 is 38.9. The van der Waals surface area contributed by atoms with E-state index in [0.29, 0.717) is 9.90 Å². The highest BCUT2D eigenvalue weighted by molar-refractivity contribution is 7.11. The van der Waals surface area contributed by atoms with E-state index in [2.05, 4.69) is 0 Å². The van der Waals surface area contributed by atoms with Crippen molar-refractivity contribution in [2.75, 3.05) is 0 Å². The van der Waals surface area contributed by atoms with Crippen LogP contribution in [0.4, 0.5) is 13.2 Å². The Balaban J connectivity index is 2.45. The molecule has 0 spiro atoms. The zero-order valence-electron chi connectivity index (χ0n) is 8.18. The zero-order chi connectivity index (χ0) is 12.6. The molecule has 0 saturated carbocycles. The van der Waals surface area contributed by atoms with Gasteiger partial charge in [0.2, 0.25) is 0 Å². The number of thiophene rings is 1. The Morgan fingerprint density at radius 2 is 1.71 bits per heavy atom. The number of benzene rings is 1. The van der Waals surface area contributed by atoms with E-state index in [1.807, 2.05) is 0 Å².